The number of benzene rings is 1. The van der Waals surface area contributed by atoms with Gasteiger partial charge in [0.15, 0.2) is 0 Å². The zero-order valence-electron chi connectivity index (χ0n) is 11.5. The van der Waals surface area contributed by atoms with Crippen LogP contribution in [-0.2, 0) is 5.60 Å². The quantitative estimate of drug-likeness (QED) is 0.835. The molecule has 0 bridgehead atoms. The van der Waals surface area contributed by atoms with Crippen molar-refractivity contribution in [1.82, 2.24) is 0 Å². The molecule has 0 amide bonds. The van der Waals surface area contributed by atoms with Gasteiger partial charge in [-0.05, 0) is 67.7 Å². The molecule has 0 aliphatic heterocycles. The Balaban J connectivity index is 2.32. The van der Waals surface area contributed by atoms with Crippen molar-refractivity contribution < 1.29 is 9.50 Å². The third-order valence-corrected chi connectivity index (χ3v) is 4.41. The van der Waals surface area contributed by atoms with Crippen LogP contribution < -0.4 is 0 Å². The summed E-state index contributed by atoms with van der Waals surface area (Å²) in [6, 6.07) is 4.74. The first-order valence-corrected chi connectivity index (χ1v) is 6.91. The summed E-state index contributed by atoms with van der Waals surface area (Å²) in [6.45, 7) is 6.36. The molecule has 0 aromatic heterocycles. The lowest BCUT2D eigenvalue weighted by atomic mass is 9.70. The summed E-state index contributed by atoms with van der Waals surface area (Å²) in [5, 5.41) is 10.9. The van der Waals surface area contributed by atoms with Crippen molar-refractivity contribution in [2.75, 3.05) is 0 Å². The average Bonchev–Trinajstić information content (AvgIpc) is 2.32. The van der Waals surface area contributed by atoms with Gasteiger partial charge in [-0.25, -0.2) is 4.39 Å². The Morgan fingerprint density at radius 3 is 2.78 bits per heavy atom. The van der Waals surface area contributed by atoms with Crippen LogP contribution in [0.1, 0.15) is 50.7 Å². The number of rotatable bonds is 2. The molecule has 100 valence electrons. The van der Waals surface area contributed by atoms with Crippen LogP contribution in [0.3, 0.4) is 0 Å². The summed E-state index contributed by atoms with van der Waals surface area (Å²) in [5.41, 5.74) is 0.940. The van der Waals surface area contributed by atoms with Gasteiger partial charge in [0.25, 0.3) is 0 Å². The van der Waals surface area contributed by atoms with E-state index in [9.17, 15) is 9.50 Å². The van der Waals surface area contributed by atoms with E-state index in [4.69, 9.17) is 0 Å². The first-order chi connectivity index (χ1) is 8.42. The summed E-state index contributed by atoms with van der Waals surface area (Å²) < 4.78 is 13.4. The van der Waals surface area contributed by atoms with Crippen LogP contribution >= 0.6 is 0 Å². The largest absolute Gasteiger partial charge is 0.385 e. The van der Waals surface area contributed by atoms with Gasteiger partial charge in [0.1, 0.15) is 5.82 Å². The van der Waals surface area contributed by atoms with Crippen molar-refractivity contribution in [2.45, 2.75) is 52.1 Å². The van der Waals surface area contributed by atoms with Gasteiger partial charge in [-0.15, -0.1) is 0 Å². The molecule has 0 saturated heterocycles. The van der Waals surface area contributed by atoms with Gasteiger partial charge in [-0.1, -0.05) is 19.9 Å². The standard InChI is InChI=1S/C16H23FO/c1-11(2)13-5-4-8-16(18,10-13)15-9-14(17)7-6-12(15)3/h6-7,9,11,13,18H,4-5,8,10H2,1-3H3. The van der Waals surface area contributed by atoms with Crippen LogP contribution in [0.5, 0.6) is 0 Å². The van der Waals surface area contributed by atoms with Gasteiger partial charge in [0.05, 0.1) is 5.60 Å². The third-order valence-electron chi connectivity index (χ3n) is 4.41. The highest BCUT2D eigenvalue weighted by atomic mass is 19.1. The average molecular weight is 250 g/mol. The van der Waals surface area contributed by atoms with Crippen LogP contribution in [0.4, 0.5) is 4.39 Å². The fourth-order valence-corrected chi connectivity index (χ4v) is 3.20. The normalized spacial score (nSPS) is 28.7. The Hall–Kier alpha value is -0.890. The number of hydrogen-bond acceptors (Lipinski definition) is 1. The highest BCUT2D eigenvalue weighted by molar-refractivity contribution is 5.32. The van der Waals surface area contributed by atoms with E-state index < -0.39 is 5.60 Å². The first-order valence-electron chi connectivity index (χ1n) is 6.91. The predicted octanol–water partition coefficient (Wildman–Crippen LogP) is 4.17. The fourth-order valence-electron chi connectivity index (χ4n) is 3.20. The fraction of sp³-hybridized carbons (Fsp3) is 0.625. The molecule has 2 heteroatoms. The van der Waals surface area contributed by atoms with E-state index >= 15 is 0 Å². The topological polar surface area (TPSA) is 20.2 Å². The van der Waals surface area contributed by atoms with Crippen molar-refractivity contribution in [3.8, 4) is 0 Å². The van der Waals surface area contributed by atoms with Gasteiger partial charge < -0.3 is 5.11 Å². The second-order valence-electron chi connectivity index (χ2n) is 6.09. The van der Waals surface area contributed by atoms with E-state index in [1.165, 1.54) is 18.6 Å². The van der Waals surface area contributed by atoms with Crippen molar-refractivity contribution in [1.29, 1.82) is 0 Å². The molecule has 1 N–H and O–H groups in total. The van der Waals surface area contributed by atoms with Crippen LogP contribution in [0.15, 0.2) is 18.2 Å². The molecular weight excluding hydrogens is 227 g/mol. The molecule has 1 nitrogen and oxygen atoms in total. The Bertz CT molecular complexity index is 427. The molecule has 1 aliphatic rings. The summed E-state index contributed by atoms with van der Waals surface area (Å²) >= 11 is 0. The molecule has 1 aromatic rings. The maximum atomic E-state index is 13.4. The molecule has 2 atom stereocenters. The Kier molecular flexibility index (Phi) is 3.76. The van der Waals surface area contributed by atoms with Crippen LogP contribution in [-0.4, -0.2) is 5.11 Å². The molecular formula is C16H23FO. The zero-order valence-corrected chi connectivity index (χ0v) is 11.5. The second kappa shape index (κ2) is 5.00. The highest BCUT2D eigenvalue weighted by Gasteiger charge is 2.37. The van der Waals surface area contributed by atoms with Gasteiger partial charge in [0.2, 0.25) is 0 Å². The van der Waals surface area contributed by atoms with Crippen molar-refractivity contribution in [3.63, 3.8) is 0 Å². The van der Waals surface area contributed by atoms with E-state index in [1.54, 1.807) is 6.07 Å². The SMILES string of the molecule is Cc1ccc(F)cc1C1(O)CCCC(C(C)C)C1. The summed E-state index contributed by atoms with van der Waals surface area (Å²) in [6.07, 6.45) is 3.71. The summed E-state index contributed by atoms with van der Waals surface area (Å²) in [4.78, 5) is 0. The van der Waals surface area contributed by atoms with Gasteiger partial charge in [-0.3, -0.25) is 0 Å². The Labute approximate surface area is 109 Å². The van der Waals surface area contributed by atoms with Crippen LogP contribution in [0, 0.1) is 24.6 Å². The molecule has 2 unspecified atom stereocenters. The number of aryl methyl sites for hydroxylation is 1. The number of hydrogen-bond donors (Lipinski definition) is 1. The minimum Gasteiger partial charge on any atom is -0.385 e. The molecule has 18 heavy (non-hydrogen) atoms. The summed E-state index contributed by atoms with van der Waals surface area (Å²) in [7, 11) is 0. The lowest BCUT2D eigenvalue weighted by molar-refractivity contribution is -0.0302. The van der Waals surface area contributed by atoms with Gasteiger partial charge >= 0.3 is 0 Å². The molecule has 0 spiro atoms. The highest BCUT2D eigenvalue weighted by Crippen LogP contribution is 2.43. The minimum absolute atomic E-state index is 0.254. The molecule has 1 saturated carbocycles. The lowest BCUT2D eigenvalue weighted by Crippen LogP contribution is -2.35. The van der Waals surface area contributed by atoms with E-state index in [2.05, 4.69) is 13.8 Å². The van der Waals surface area contributed by atoms with Gasteiger partial charge in [0, 0.05) is 0 Å². The predicted molar refractivity (Wildman–Crippen MR) is 71.8 cm³/mol. The molecule has 1 aliphatic carbocycles. The van der Waals surface area contributed by atoms with E-state index in [-0.39, 0.29) is 5.82 Å². The minimum atomic E-state index is -0.834. The third kappa shape index (κ3) is 2.59. The maximum absolute atomic E-state index is 13.4. The van der Waals surface area contributed by atoms with Crippen molar-refractivity contribution in [3.05, 3.63) is 35.1 Å². The van der Waals surface area contributed by atoms with Crippen LogP contribution in [0.2, 0.25) is 0 Å². The van der Waals surface area contributed by atoms with Crippen LogP contribution in [0.25, 0.3) is 0 Å². The lowest BCUT2D eigenvalue weighted by Gasteiger charge is -2.39. The second-order valence-corrected chi connectivity index (χ2v) is 6.09. The van der Waals surface area contributed by atoms with E-state index in [0.717, 1.165) is 30.4 Å². The molecule has 0 radical (unpaired) electrons. The number of halogens is 1. The summed E-state index contributed by atoms with van der Waals surface area (Å²) in [5.74, 6) is 0.854. The Morgan fingerprint density at radius 2 is 2.11 bits per heavy atom. The Morgan fingerprint density at radius 1 is 1.39 bits per heavy atom. The van der Waals surface area contributed by atoms with E-state index in [1.807, 2.05) is 6.92 Å². The smallest absolute Gasteiger partial charge is 0.123 e. The van der Waals surface area contributed by atoms with E-state index in [0.29, 0.717) is 11.8 Å². The molecule has 0 heterocycles. The van der Waals surface area contributed by atoms with Crippen molar-refractivity contribution >= 4 is 0 Å². The van der Waals surface area contributed by atoms with Gasteiger partial charge in [-0.2, -0.15) is 0 Å². The number of aliphatic hydroxyl groups is 1. The molecule has 1 aromatic carbocycles. The first kappa shape index (κ1) is 13.5. The monoisotopic (exact) mass is 250 g/mol. The molecule has 1 fully saturated rings. The van der Waals surface area contributed by atoms with Crippen molar-refractivity contribution in [2.24, 2.45) is 11.8 Å². The molecule has 2 rings (SSSR count). The maximum Gasteiger partial charge on any atom is 0.123 e. The zero-order chi connectivity index (χ0) is 13.3.